The van der Waals surface area contributed by atoms with Crippen LogP contribution in [0.4, 0.5) is 4.79 Å². The summed E-state index contributed by atoms with van der Waals surface area (Å²) >= 11 is 0. The van der Waals surface area contributed by atoms with Gasteiger partial charge in [-0.2, -0.15) is 0 Å². The van der Waals surface area contributed by atoms with Gasteiger partial charge in [0, 0.05) is 12.1 Å². The Hall–Kier alpha value is -2.05. The predicted molar refractivity (Wildman–Crippen MR) is 63.5 cm³/mol. The maximum atomic E-state index is 11.5. The molecule has 0 aromatic rings. The molecule has 100 valence electrons. The van der Waals surface area contributed by atoms with Crippen molar-refractivity contribution in [2.75, 3.05) is 19.7 Å². The number of ether oxygens (including phenoxy) is 1. The highest BCUT2D eigenvalue weighted by molar-refractivity contribution is 5.89. The van der Waals surface area contributed by atoms with E-state index in [9.17, 15) is 14.4 Å². The molecule has 1 fully saturated rings. The normalized spacial score (nSPS) is 18.2. The minimum Gasteiger partial charge on any atom is -0.452 e. The Bertz CT molecular complexity index is 380. The van der Waals surface area contributed by atoms with Gasteiger partial charge in [0.1, 0.15) is 6.17 Å². The van der Waals surface area contributed by atoms with Crippen LogP contribution >= 0.6 is 0 Å². The van der Waals surface area contributed by atoms with Crippen molar-refractivity contribution in [3.8, 4) is 0 Å². The molecule has 2 N–H and O–H groups in total. The molecule has 0 spiro atoms. The average Bonchev–Trinajstić information content (AvgIpc) is 2.66. The smallest absolute Gasteiger partial charge is 0.333 e. The number of nitrogens with one attached hydrogen (secondary N) is 2. The first kappa shape index (κ1) is 14.0. The molecule has 1 atom stereocenters. The number of amides is 3. The Balaban J connectivity index is 2.39. The lowest BCUT2D eigenvalue weighted by Gasteiger charge is -2.22. The minimum atomic E-state index is -0.613. The van der Waals surface area contributed by atoms with Crippen LogP contribution in [0, 0.1) is 0 Å². The zero-order chi connectivity index (χ0) is 13.7. The van der Waals surface area contributed by atoms with E-state index in [0.717, 1.165) is 0 Å². The number of carbonyl (C=O) groups excluding carboxylic acids is 3. The molecule has 1 unspecified atom stereocenters. The molecule has 1 aliphatic rings. The number of urea groups is 1. The molecule has 1 heterocycles. The quantitative estimate of drug-likeness (QED) is 0.516. The summed E-state index contributed by atoms with van der Waals surface area (Å²) in [5.41, 5.74) is 0.232. The molecule has 7 heteroatoms. The molecule has 0 saturated carbocycles. The molecule has 1 rings (SSSR count). The second-order valence-electron chi connectivity index (χ2n) is 3.91. The fourth-order valence-electron chi connectivity index (χ4n) is 1.51. The minimum absolute atomic E-state index is 0.221. The number of esters is 1. The van der Waals surface area contributed by atoms with Gasteiger partial charge < -0.3 is 20.3 Å². The molecular formula is C11H17N3O4. The third-order valence-corrected chi connectivity index (χ3v) is 2.43. The van der Waals surface area contributed by atoms with Crippen molar-refractivity contribution in [2.45, 2.75) is 20.0 Å². The lowest BCUT2D eigenvalue weighted by atomic mass is 10.4. The summed E-state index contributed by atoms with van der Waals surface area (Å²) in [5.74, 6) is -1.07. The molecule has 3 amide bonds. The monoisotopic (exact) mass is 255 g/mol. The molecule has 0 aromatic heterocycles. The van der Waals surface area contributed by atoms with Crippen LogP contribution in [0.2, 0.25) is 0 Å². The Labute approximate surface area is 105 Å². The standard InChI is InChI=1S/C11H17N3O4/c1-4-14-8(5-12-11(14)17)13-9(15)6-18-10(16)7(2)3/h8H,2,4-6H2,1,3H3,(H,12,17)(H,13,15). The van der Waals surface area contributed by atoms with Crippen LogP contribution in [-0.2, 0) is 14.3 Å². The second-order valence-corrected chi connectivity index (χ2v) is 3.91. The SMILES string of the molecule is C=C(C)C(=O)OCC(=O)NC1CNC(=O)N1CC. The number of hydrogen-bond donors (Lipinski definition) is 2. The highest BCUT2D eigenvalue weighted by atomic mass is 16.5. The van der Waals surface area contributed by atoms with Crippen molar-refractivity contribution in [3.63, 3.8) is 0 Å². The Kier molecular flexibility index (Phi) is 4.70. The van der Waals surface area contributed by atoms with E-state index in [0.29, 0.717) is 13.1 Å². The van der Waals surface area contributed by atoms with Crippen molar-refractivity contribution < 1.29 is 19.1 Å². The molecule has 0 radical (unpaired) electrons. The summed E-state index contributed by atoms with van der Waals surface area (Å²) in [7, 11) is 0. The van der Waals surface area contributed by atoms with Gasteiger partial charge in [0.2, 0.25) is 0 Å². The van der Waals surface area contributed by atoms with Gasteiger partial charge in [-0.25, -0.2) is 9.59 Å². The van der Waals surface area contributed by atoms with Crippen molar-refractivity contribution in [2.24, 2.45) is 0 Å². The number of nitrogens with zero attached hydrogens (tertiary/aromatic N) is 1. The highest BCUT2D eigenvalue weighted by Gasteiger charge is 2.30. The van der Waals surface area contributed by atoms with E-state index >= 15 is 0 Å². The fraction of sp³-hybridized carbons (Fsp3) is 0.545. The van der Waals surface area contributed by atoms with Crippen molar-refractivity contribution in [1.29, 1.82) is 0 Å². The van der Waals surface area contributed by atoms with Crippen molar-refractivity contribution in [3.05, 3.63) is 12.2 Å². The summed E-state index contributed by atoms with van der Waals surface area (Å²) in [6, 6.07) is -0.221. The van der Waals surface area contributed by atoms with Crippen LogP contribution in [0.15, 0.2) is 12.2 Å². The van der Waals surface area contributed by atoms with Crippen LogP contribution in [0.25, 0.3) is 0 Å². The maximum absolute atomic E-state index is 11.5. The molecule has 0 aliphatic carbocycles. The number of likely N-dealkylation sites (N-methyl/N-ethyl adjacent to an activating group) is 1. The number of carbonyl (C=O) groups is 3. The lowest BCUT2D eigenvalue weighted by molar-refractivity contribution is -0.145. The van der Waals surface area contributed by atoms with Crippen molar-refractivity contribution >= 4 is 17.9 Å². The van der Waals surface area contributed by atoms with E-state index in [-0.39, 0.29) is 18.2 Å². The highest BCUT2D eigenvalue weighted by Crippen LogP contribution is 2.03. The van der Waals surface area contributed by atoms with E-state index in [2.05, 4.69) is 17.2 Å². The lowest BCUT2D eigenvalue weighted by Crippen LogP contribution is -2.48. The Morgan fingerprint density at radius 3 is 2.83 bits per heavy atom. The molecule has 1 saturated heterocycles. The van der Waals surface area contributed by atoms with E-state index < -0.39 is 18.0 Å². The first-order valence-electron chi connectivity index (χ1n) is 5.62. The first-order valence-corrected chi connectivity index (χ1v) is 5.62. The summed E-state index contributed by atoms with van der Waals surface area (Å²) in [6.45, 7) is 7.16. The number of rotatable bonds is 5. The van der Waals surface area contributed by atoms with E-state index in [1.165, 1.54) is 11.8 Å². The molecule has 18 heavy (non-hydrogen) atoms. The third kappa shape index (κ3) is 3.47. The zero-order valence-corrected chi connectivity index (χ0v) is 10.5. The van der Waals surface area contributed by atoms with Crippen LogP contribution in [0.1, 0.15) is 13.8 Å². The van der Waals surface area contributed by atoms with Gasteiger partial charge in [0.15, 0.2) is 6.61 Å². The average molecular weight is 255 g/mol. The van der Waals surface area contributed by atoms with Crippen molar-refractivity contribution in [1.82, 2.24) is 15.5 Å². The molecule has 0 aromatic carbocycles. The van der Waals surface area contributed by atoms with Crippen LogP contribution < -0.4 is 10.6 Å². The van der Waals surface area contributed by atoms with Gasteiger partial charge in [-0.3, -0.25) is 4.79 Å². The summed E-state index contributed by atoms with van der Waals surface area (Å²) in [5, 5.41) is 5.21. The summed E-state index contributed by atoms with van der Waals surface area (Å²) < 4.78 is 4.70. The largest absolute Gasteiger partial charge is 0.452 e. The van der Waals surface area contributed by atoms with Gasteiger partial charge in [-0.15, -0.1) is 0 Å². The van der Waals surface area contributed by atoms with E-state index in [4.69, 9.17) is 4.74 Å². The third-order valence-electron chi connectivity index (χ3n) is 2.43. The van der Waals surface area contributed by atoms with Gasteiger partial charge in [0.05, 0.1) is 6.54 Å². The zero-order valence-electron chi connectivity index (χ0n) is 10.5. The van der Waals surface area contributed by atoms with Crippen LogP contribution in [0.5, 0.6) is 0 Å². The van der Waals surface area contributed by atoms with Crippen LogP contribution in [-0.4, -0.2) is 48.7 Å². The molecular weight excluding hydrogens is 238 g/mol. The second kappa shape index (κ2) is 6.04. The summed E-state index contributed by atoms with van der Waals surface area (Å²) in [4.78, 5) is 35.4. The van der Waals surface area contributed by atoms with Gasteiger partial charge in [-0.05, 0) is 13.8 Å². The summed E-state index contributed by atoms with van der Waals surface area (Å²) in [6.07, 6.45) is -0.404. The first-order chi connectivity index (χ1) is 8.45. The number of hydrogen-bond acceptors (Lipinski definition) is 4. The van der Waals surface area contributed by atoms with Gasteiger partial charge in [-0.1, -0.05) is 6.58 Å². The van der Waals surface area contributed by atoms with Gasteiger partial charge >= 0.3 is 12.0 Å². The maximum Gasteiger partial charge on any atom is 0.333 e. The molecule has 7 nitrogen and oxygen atoms in total. The topological polar surface area (TPSA) is 87.7 Å². The van der Waals surface area contributed by atoms with Crippen LogP contribution in [0.3, 0.4) is 0 Å². The fourth-order valence-corrected chi connectivity index (χ4v) is 1.51. The Morgan fingerprint density at radius 2 is 2.28 bits per heavy atom. The predicted octanol–water partition coefficient (Wildman–Crippen LogP) is -0.407. The molecule has 1 aliphatic heterocycles. The van der Waals surface area contributed by atoms with E-state index in [1.54, 1.807) is 0 Å². The van der Waals surface area contributed by atoms with Gasteiger partial charge in [0.25, 0.3) is 5.91 Å². The Morgan fingerprint density at radius 1 is 1.61 bits per heavy atom. The van der Waals surface area contributed by atoms with E-state index in [1.807, 2.05) is 6.92 Å². The molecule has 0 bridgehead atoms.